The maximum atomic E-state index is 14.0. The first-order valence-electron chi connectivity index (χ1n) is 29.7. The second-order valence-corrected chi connectivity index (χ2v) is 23.0. The van der Waals surface area contributed by atoms with Gasteiger partial charge in [0.25, 0.3) is 23.6 Å². The number of nitrogens with zero attached hydrogens (tertiary/aromatic N) is 12. The van der Waals surface area contributed by atoms with Crippen molar-refractivity contribution in [1.82, 2.24) is 70.0 Å². The van der Waals surface area contributed by atoms with Crippen LogP contribution in [0, 0.1) is 0 Å². The van der Waals surface area contributed by atoms with E-state index in [1.54, 1.807) is 36.7 Å². The van der Waals surface area contributed by atoms with E-state index in [0.29, 0.717) is 96.3 Å². The number of amides is 6. The molecule has 6 amide bonds. The van der Waals surface area contributed by atoms with Gasteiger partial charge in [0.15, 0.2) is 12.6 Å². The second-order valence-electron chi connectivity index (χ2n) is 23.0. The Hall–Kier alpha value is -6.36. The summed E-state index contributed by atoms with van der Waals surface area (Å²) in [5.74, 6) is -2.07. The highest BCUT2D eigenvalue weighted by Crippen LogP contribution is 2.38. The lowest BCUT2D eigenvalue weighted by molar-refractivity contribution is -0.284. The fourth-order valence-corrected chi connectivity index (χ4v) is 12.1. The molecule has 8 heterocycles. The highest BCUT2D eigenvalue weighted by molar-refractivity contribution is 6.33. The lowest BCUT2D eigenvalue weighted by atomic mass is 9.86. The zero-order chi connectivity index (χ0) is 60.8. The lowest BCUT2D eigenvalue weighted by Gasteiger charge is -2.38. The van der Waals surface area contributed by atoms with Crippen molar-refractivity contribution >= 4 is 46.2 Å². The van der Waals surface area contributed by atoms with Crippen molar-refractivity contribution < 1.29 is 79.1 Å². The van der Waals surface area contributed by atoms with Gasteiger partial charge in [0.2, 0.25) is 11.8 Å². The topological polar surface area (TPSA) is 388 Å². The Morgan fingerprint density at radius 3 is 1.12 bits per heavy atom. The van der Waals surface area contributed by atoms with Gasteiger partial charge in [0.1, 0.15) is 48.8 Å². The van der Waals surface area contributed by atoms with E-state index in [1.807, 2.05) is 0 Å². The van der Waals surface area contributed by atoms with Gasteiger partial charge in [-0.2, -0.15) is 0 Å². The molecule has 0 spiro atoms. The number of rotatable bonds is 26. The van der Waals surface area contributed by atoms with Crippen LogP contribution in [0.4, 0.5) is 0 Å². The number of benzene rings is 2. The monoisotopic (exact) mass is 1200 g/mol. The summed E-state index contributed by atoms with van der Waals surface area (Å²) in [7, 11) is 0. The molecule has 468 valence electrons. The standard InChI is InChI=1S/C56H78N14O16/c71-41(11-5-33-29-67(61-59-33)31-39-45(73)47(75)49(77)55(83)85-39)57-13-1-15-63-21-25-65(26-22-63)17-3-19-69-51(79)35-7-9-37-44-38(10-8-36(43(35)44)52(69)80)54(82)70(53(37)81)20-4-18-66-27-23-64(24-28-66)16-2-14-58-42(72)12-6-34-30-68(62-60-34)32-40-46(74)48(76)50(78)56(84)86-40/h7-10,29-30,39-40,45-50,55-56,73-78,83-84H,1-6,11-28,31-32H2,(H,57,71)(H,58,72)/t39-,40-,45+,46+,47+,48+,49-,50-,55+,56+/m1/s1. The summed E-state index contributed by atoms with van der Waals surface area (Å²) >= 11 is 0. The lowest BCUT2D eigenvalue weighted by Crippen LogP contribution is -2.58. The minimum Gasteiger partial charge on any atom is -0.388 e. The number of aromatic nitrogens is 6. The van der Waals surface area contributed by atoms with Gasteiger partial charge in [-0.3, -0.25) is 38.6 Å². The molecule has 10 N–H and O–H groups in total. The number of imide groups is 2. The molecule has 4 saturated heterocycles. The molecule has 0 saturated carbocycles. The SMILES string of the molecule is O=C(CCc1cn(C[C@H]2O[C@H](O)[C@H](O)[C@@H](O)[C@H]2O)nn1)NCCCN1CCN(CCCN2C(=O)c3ccc4c5c(ccc(c35)C2=O)C(=O)N(CCCN2CCN(CCCNC(=O)CCc3cn(C[C@H]5O[C@H](O)[C@H](O)[C@@H](O)[C@H]5O)nn3)CC2)C4=O)CC1. The Morgan fingerprint density at radius 1 is 0.453 bits per heavy atom. The van der Waals surface area contributed by atoms with E-state index in [0.717, 1.165) is 78.3 Å². The molecule has 0 bridgehead atoms. The molecule has 6 aliphatic heterocycles. The molecule has 2 aromatic carbocycles. The third kappa shape index (κ3) is 14.5. The average molecular weight is 1200 g/mol. The summed E-state index contributed by atoms with van der Waals surface area (Å²) in [4.78, 5) is 92.9. The third-order valence-electron chi connectivity index (χ3n) is 17.1. The molecule has 10 rings (SSSR count). The molecule has 10 atom stereocenters. The molecule has 4 fully saturated rings. The fourth-order valence-electron chi connectivity index (χ4n) is 12.1. The number of nitrogens with one attached hydrogen (secondary N) is 2. The minimum atomic E-state index is -1.65. The molecule has 0 radical (unpaired) electrons. The molecular formula is C56H78N14O16. The van der Waals surface area contributed by atoms with E-state index >= 15 is 0 Å². The number of ether oxygens (including phenoxy) is 2. The first-order chi connectivity index (χ1) is 41.4. The van der Waals surface area contributed by atoms with Crippen molar-refractivity contribution in [2.24, 2.45) is 0 Å². The summed E-state index contributed by atoms with van der Waals surface area (Å²) in [5, 5.41) is 102. The van der Waals surface area contributed by atoms with Gasteiger partial charge in [-0.05, 0) is 76.1 Å². The van der Waals surface area contributed by atoms with E-state index in [2.05, 4.69) is 50.9 Å². The van der Waals surface area contributed by atoms with Gasteiger partial charge in [-0.1, -0.05) is 10.4 Å². The number of hydrogen-bond donors (Lipinski definition) is 10. The van der Waals surface area contributed by atoms with Crippen LogP contribution in [0.25, 0.3) is 10.8 Å². The number of aliphatic hydroxyl groups is 8. The Kier molecular flexibility index (Phi) is 20.6. The zero-order valence-electron chi connectivity index (χ0n) is 47.8. The van der Waals surface area contributed by atoms with Gasteiger partial charge in [0.05, 0.1) is 24.5 Å². The molecule has 4 aromatic rings. The van der Waals surface area contributed by atoms with Crippen LogP contribution in [-0.4, -0.2) is 302 Å². The molecular weight excluding hydrogens is 1120 g/mol. The van der Waals surface area contributed by atoms with Crippen LogP contribution in [0.5, 0.6) is 0 Å². The second kappa shape index (κ2) is 28.2. The predicted octanol–water partition coefficient (Wildman–Crippen LogP) is -4.89. The fraction of sp³-hybridized carbons (Fsp3) is 0.643. The quantitative estimate of drug-likeness (QED) is 0.0208. The van der Waals surface area contributed by atoms with Crippen LogP contribution in [0.1, 0.15) is 91.3 Å². The number of aryl methyl sites for hydroxylation is 2. The Labute approximate surface area is 494 Å². The number of piperazine rings is 2. The molecule has 86 heavy (non-hydrogen) atoms. The maximum Gasteiger partial charge on any atom is 0.261 e. The van der Waals surface area contributed by atoms with Gasteiger partial charge in [0, 0.05) is 150 Å². The highest BCUT2D eigenvalue weighted by atomic mass is 16.6. The minimum absolute atomic E-state index is 0.0297. The number of hydrogen-bond acceptors (Lipinski definition) is 24. The largest absolute Gasteiger partial charge is 0.388 e. The Balaban J connectivity index is 0.581. The summed E-state index contributed by atoms with van der Waals surface area (Å²) in [5.41, 5.74) is 2.25. The average Bonchev–Trinajstić information content (AvgIpc) is 0.810. The van der Waals surface area contributed by atoms with E-state index in [9.17, 15) is 69.6 Å². The van der Waals surface area contributed by atoms with Crippen molar-refractivity contribution in [2.75, 3.05) is 105 Å². The Bertz CT molecular complexity index is 2790. The summed E-state index contributed by atoms with van der Waals surface area (Å²) in [6, 6.07) is 6.40. The van der Waals surface area contributed by atoms with Crippen molar-refractivity contribution in [3.05, 3.63) is 70.3 Å². The first kappa shape index (κ1) is 62.7. The van der Waals surface area contributed by atoms with Crippen LogP contribution in [-0.2, 0) is 45.0 Å². The van der Waals surface area contributed by atoms with Crippen LogP contribution in [0.2, 0.25) is 0 Å². The highest BCUT2D eigenvalue weighted by Gasteiger charge is 2.45. The molecule has 6 aliphatic rings. The summed E-state index contributed by atoms with van der Waals surface area (Å²) < 4.78 is 13.2. The van der Waals surface area contributed by atoms with Crippen molar-refractivity contribution in [1.29, 1.82) is 0 Å². The molecule has 30 nitrogen and oxygen atoms in total. The van der Waals surface area contributed by atoms with E-state index < -0.39 is 85.0 Å². The van der Waals surface area contributed by atoms with Crippen molar-refractivity contribution in [3.63, 3.8) is 0 Å². The number of carbonyl (C=O) groups is 6. The Morgan fingerprint density at radius 2 is 0.779 bits per heavy atom. The number of aliphatic hydroxyl groups excluding tert-OH is 8. The van der Waals surface area contributed by atoms with Crippen LogP contribution >= 0.6 is 0 Å². The first-order valence-corrected chi connectivity index (χ1v) is 29.7. The van der Waals surface area contributed by atoms with E-state index in [-0.39, 0.29) is 50.8 Å². The maximum absolute atomic E-state index is 14.0. The molecule has 30 heteroatoms. The normalized spacial score (nSPS) is 26.9. The molecule has 0 aliphatic carbocycles. The van der Waals surface area contributed by atoms with Gasteiger partial charge in [-0.25, -0.2) is 9.36 Å². The van der Waals surface area contributed by atoms with Crippen LogP contribution < -0.4 is 10.6 Å². The zero-order valence-corrected chi connectivity index (χ0v) is 47.8. The predicted molar refractivity (Wildman–Crippen MR) is 299 cm³/mol. The van der Waals surface area contributed by atoms with Gasteiger partial charge < -0.3 is 80.6 Å². The van der Waals surface area contributed by atoms with E-state index in [1.165, 1.54) is 19.2 Å². The smallest absolute Gasteiger partial charge is 0.261 e. The van der Waals surface area contributed by atoms with Gasteiger partial charge in [-0.15, -0.1) is 10.2 Å². The van der Waals surface area contributed by atoms with Crippen molar-refractivity contribution in [2.45, 2.75) is 126 Å². The van der Waals surface area contributed by atoms with Crippen LogP contribution in [0.15, 0.2) is 36.7 Å². The van der Waals surface area contributed by atoms with E-state index in [4.69, 9.17) is 9.47 Å². The molecule has 0 unspecified atom stereocenters. The van der Waals surface area contributed by atoms with Crippen LogP contribution in [0.3, 0.4) is 0 Å². The van der Waals surface area contributed by atoms with Gasteiger partial charge >= 0.3 is 0 Å². The summed E-state index contributed by atoms with van der Waals surface area (Å²) in [6.45, 7) is 10.9. The third-order valence-corrected chi connectivity index (χ3v) is 17.1. The summed E-state index contributed by atoms with van der Waals surface area (Å²) in [6.07, 6.45) is -7.77. The van der Waals surface area contributed by atoms with Crippen molar-refractivity contribution in [3.8, 4) is 0 Å². The number of carbonyl (C=O) groups excluding carboxylic acids is 6. The molecule has 2 aromatic heterocycles.